The first-order chi connectivity index (χ1) is 11.5. The molecule has 0 heterocycles. The predicted octanol–water partition coefficient (Wildman–Crippen LogP) is 5.16. The summed E-state index contributed by atoms with van der Waals surface area (Å²) in [6.07, 6.45) is 0.988. The van der Waals surface area contributed by atoms with Gasteiger partial charge >= 0.3 is 0 Å². The highest BCUT2D eigenvalue weighted by Gasteiger charge is 2.12. The van der Waals surface area contributed by atoms with E-state index in [9.17, 15) is 0 Å². The molecule has 0 saturated heterocycles. The third-order valence-corrected chi connectivity index (χ3v) is 4.39. The van der Waals surface area contributed by atoms with Gasteiger partial charge in [0.1, 0.15) is 0 Å². The molecule has 6 heteroatoms. The summed E-state index contributed by atoms with van der Waals surface area (Å²) in [5.74, 6) is 0. The van der Waals surface area contributed by atoms with Crippen LogP contribution in [0, 0.1) is 0 Å². The molecule has 3 nitrogen and oxygen atoms in total. The van der Waals surface area contributed by atoms with Crippen molar-refractivity contribution in [3.05, 3.63) is 64.7 Å². The zero-order valence-corrected chi connectivity index (χ0v) is 18.1. The average molecular weight is 420 g/mol. The molecule has 2 aromatic carbocycles. The molecule has 0 bridgehead atoms. The summed E-state index contributed by atoms with van der Waals surface area (Å²) < 4.78 is 5.61. The van der Waals surface area contributed by atoms with Crippen LogP contribution in [0.2, 0.25) is 5.02 Å². The largest absolute Gasteiger partial charge is 0.378 e. The molecule has 0 saturated carbocycles. The Kier molecular flexibility index (Phi) is 12.0. The Morgan fingerprint density at radius 3 is 2.27 bits per heavy atom. The minimum absolute atomic E-state index is 0. The number of hydrogen-bond acceptors (Lipinski definition) is 3. The van der Waals surface area contributed by atoms with Crippen LogP contribution in [0.5, 0.6) is 0 Å². The van der Waals surface area contributed by atoms with Crippen molar-refractivity contribution in [1.29, 1.82) is 0 Å². The van der Waals surface area contributed by atoms with E-state index in [1.807, 2.05) is 24.3 Å². The van der Waals surface area contributed by atoms with Gasteiger partial charge in [-0.05, 0) is 48.7 Å². The van der Waals surface area contributed by atoms with Crippen LogP contribution in [-0.2, 0) is 11.2 Å². The zero-order chi connectivity index (χ0) is 17.5. The molecular weight excluding hydrogens is 391 g/mol. The Labute approximate surface area is 174 Å². The lowest BCUT2D eigenvalue weighted by Crippen LogP contribution is -2.32. The van der Waals surface area contributed by atoms with Gasteiger partial charge in [-0.2, -0.15) is 0 Å². The van der Waals surface area contributed by atoms with Crippen LogP contribution in [0.3, 0.4) is 0 Å². The predicted molar refractivity (Wildman–Crippen MR) is 118 cm³/mol. The molecule has 0 aliphatic carbocycles. The number of halogens is 3. The first-order valence-corrected chi connectivity index (χ1v) is 8.65. The highest BCUT2D eigenvalue weighted by Crippen LogP contribution is 2.20. The number of hydrogen-bond donors (Lipinski definition) is 1. The topological polar surface area (TPSA) is 24.5 Å². The van der Waals surface area contributed by atoms with Crippen LogP contribution in [-0.4, -0.2) is 33.8 Å². The van der Waals surface area contributed by atoms with Gasteiger partial charge in [-0.3, -0.25) is 0 Å². The molecule has 2 atom stereocenters. The molecule has 2 unspecified atom stereocenters. The van der Waals surface area contributed by atoms with E-state index in [1.54, 1.807) is 7.11 Å². The standard InChI is InChI=1S/C20H27ClN2O.2ClH/c1-15(12-16-8-10-19(11-9-16)23(2)3)22-14-20(24-4)17-6-5-7-18(21)13-17;;/h5-11,13,15,20,22H,12,14H2,1-4H3;2*1H. The van der Waals surface area contributed by atoms with Gasteiger partial charge in [0.05, 0.1) is 6.10 Å². The maximum atomic E-state index is 6.07. The number of rotatable bonds is 8. The van der Waals surface area contributed by atoms with Gasteiger partial charge in [0, 0.05) is 44.5 Å². The molecule has 2 aromatic rings. The summed E-state index contributed by atoms with van der Waals surface area (Å²) >= 11 is 6.07. The summed E-state index contributed by atoms with van der Waals surface area (Å²) in [5, 5.41) is 4.30. The average Bonchev–Trinajstić information content (AvgIpc) is 2.56. The Morgan fingerprint density at radius 1 is 1.08 bits per heavy atom. The van der Waals surface area contributed by atoms with Crippen molar-refractivity contribution in [2.75, 3.05) is 32.6 Å². The van der Waals surface area contributed by atoms with Crippen molar-refractivity contribution in [1.82, 2.24) is 5.32 Å². The Hall–Kier alpha value is -0.970. The summed E-state index contributed by atoms with van der Waals surface area (Å²) in [4.78, 5) is 2.11. The highest BCUT2D eigenvalue weighted by atomic mass is 35.5. The monoisotopic (exact) mass is 418 g/mol. The second kappa shape index (κ2) is 12.4. The van der Waals surface area contributed by atoms with Crippen molar-refractivity contribution >= 4 is 42.1 Å². The number of nitrogens with zero attached hydrogens (tertiary/aromatic N) is 1. The van der Waals surface area contributed by atoms with E-state index in [0.29, 0.717) is 6.04 Å². The molecule has 146 valence electrons. The normalized spacial score (nSPS) is 12.5. The van der Waals surface area contributed by atoms with Gasteiger partial charge in [0.25, 0.3) is 0 Å². The SMILES string of the molecule is COC(CNC(C)Cc1ccc(N(C)C)cc1)c1cccc(Cl)c1.Cl.Cl. The molecule has 0 amide bonds. The number of methoxy groups -OCH3 is 1. The molecule has 26 heavy (non-hydrogen) atoms. The van der Waals surface area contributed by atoms with Gasteiger partial charge < -0.3 is 15.0 Å². The minimum atomic E-state index is 0. The Balaban J connectivity index is 0.00000312. The van der Waals surface area contributed by atoms with Gasteiger partial charge in [0.15, 0.2) is 0 Å². The number of nitrogens with one attached hydrogen (secondary N) is 1. The van der Waals surface area contributed by atoms with Crippen LogP contribution in [0.1, 0.15) is 24.2 Å². The first kappa shape index (κ1) is 25.0. The van der Waals surface area contributed by atoms with Crippen LogP contribution in [0.25, 0.3) is 0 Å². The lowest BCUT2D eigenvalue weighted by molar-refractivity contribution is 0.0999. The van der Waals surface area contributed by atoms with Crippen molar-refractivity contribution in [2.45, 2.75) is 25.5 Å². The smallest absolute Gasteiger partial charge is 0.0946 e. The van der Waals surface area contributed by atoms with Crippen molar-refractivity contribution < 1.29 is 4.74 Å². The fourth-order valence-electron chi connectivity index (χ4n) is 2.71. The Bertz CT molecular complexity index is 635. The number of anilines is 1. The summed E-state index contributed by atoms with van der Waals surface area (Å²) in [6, 6.07) is 16.9. The second-order valence-electron chi connectivity index (χ2n) is 6.35. The van der Waals surface area contributed by atoms with E-state index in [2.05, 4.69) is 55.5 Å². The third-order valence-electron chi connectivity index (χ3n) is 4.15. The molecule has 0 aliphatic rings. The van der Waals surface area contributed by atoms with Gasteiger partial charge in [0.2, 0.25) is 0 Å². The van der Waals surface area contributed by atoms with Crippen LogP contribution in [0.15, 0.2) is 48.5 Å². The fraction of sp³-hybridized carbons (Fsp3) is 0.400. The molecule has 2 rings (SSSR count). The van der Waals surface area contributed by atoms with Gasteiger partial charge in [-0.15, -0.1) is 24.8 Å². The molecule has 0 aromatic heterocycles. The van der Waals surface area contributed by atoms with Crippen LogP contribution < -0.4 is 10.2 Å². The lowest BCUT2D eigenvalue weighted by Gasteiger charge is -2.21. The molecule has 1 N–H and O–H groups in total. The fourth-order valence-corrected chi connectivity index (χ4v) is 2.91. The number of ether oxygens (including phenoxy) is 1. The van der Waals surface area contributed by atoms with E-state index in [4.69, 9.17) is 16.3 Å². The second-order valence-corrected chi connectivity index (χ2v) is 6.79. The number of benzene rings is 2. The van der Waals surface area contributed by atoms with Crippen LogP contribution in [0.4, 0.5) is 5.69 Å². The molecule has 0 spiro atoms. The summed E-state index contributed by atoms with van der Waals surface area (Å²) in [7, 11) is 5.84. The van der Waals surface area contributed by atoms with E-state index in [-0.39, 0.29) is 30.9 Å². The van der Waals surface area contributed by atoms with E-state index in [1.165, 1.54) is 11.3 Å². The maximum absolute atomic E-state index is 6.07. The highest BCUT2D eigenvalue weighted by molar-refractivity contribution is 6.30. The Morgan fingerprint density at radius 2 is 1.73 bits per heavy atom. The maximum Gasteiger partial charge on any atom is 0.0946 e. The van der Waals surface area contributed by atoms with Crippen molar-refractivity contribution in [3.63, 3.8) is 0 Å². The van der Waals surface area contributed by atoms with Crippen LogP contribution >= 0.6 is 36.4 Å². The van der Waals surface area contributed by atoms with E-state index < -0.39 is 0 Å². The minimum Gasteiger partial charge on any atom is -0.378 e. The quantitative estimate of drug-likeness (QED) is 0.639. The zero-order valence-electron chi connectivity index (χ0n) is 15.7. The van der Waals surface area contributed by atoms with Crippen molar-refractivity contribution in [3.8, 4) is 0 Å². The molecule has 0 aliphatic heterocycles. The van der Waals surface area contributed by atoms with E-state index in [0.717, 1.165) is 23.6 Å². The molecule has 0 fully saturated rings. The summed E-state index contributed by atoms with van der Waals surface area (Å²) in [5.41, 5.74) is 3.65. The van der Waals surface area contributed by atoms with Crippen molar-refractivity contribution in [2.24, 2.45) is 0 Å². The lowest BCUT2D eigenvalue weighted by atomic mass is 10.1. The molecule has 0 radical (unpaired) electrons. The van der Waals surface area contributed by atoms with E-state index >= 15 is 0 Å². The third kappa shape index (κ3) is 7.73. The van der Waals surface area contributed by atoms with Gasteiger partial charge in [-0.25, -0.2) is 0 Å². The first-order valence-electron chi connectivity index (χ1n) is 8.27. The summed E-state index contributed by atoms with van der Waals surface area (Å²) in [6.45, 7) is 2.96. The molecular formula is C20H29Cl3N2O. The van der Waals surface area contributed by atoms with Gasteiger partial charge in [-0.1, -0.05) is 35.9 Å².